The van der Waals surface area contributed by atoms with Crippen LogP contribution >= 0.6 is 15.9 Å². The van der Waals surface area contributed by atoms with E-state index in [1.807, 2.05) is 0 Å². The van der Waals surface area contributed by atoms with Crippen molar-refractivity contribution >= 4 is 21.6 Å². The molecule has 0 heterocycles. The van der Waals surface area contributed by atoms with E-state index in [0.717, 1.165) is 11.0 Å². The maximum atomic E-state index is 3.52. The van der Waals surface area contributed by atoms with E-state index in [1.54, 1.807) is 0 Å². The molecule has 0 aliphatic heterocycles. The second-order valence-electron chi connectivity index (χ2n) is 4.25. The molecule has 0 saturated carbocycles. The van der Waals surface area contributed by atoms with Crippen molar-refractivity contribution in [3.63, 3.8) is 0 Å². The van der Waals surface area contributed by atoms with Crippen LogP contribution in [0.3, 0.4) is 0 Å². The molecule has 88 valence electrons. The van der Waals surface area contributed by atoms with Crippen LogP contribution in [0.25, 0.3) is 0 Å². The van der Waals surface area contributed by atoms with Crippen LogP contribution in [0.5, 0.6) is 0 Å². The van der Waals surface area contributed by atoms with E-state index in [-0.39, 0.29) is 0 Å². The first kappa shape index (κ1) is 12.2. The van der Waals surface area contributed by atoms with Crippen LogP contribution in [0.1, 0.15) is 16.7 Å². The van der Waals surface area contributed by atoms with Gasteiger partial charge in [-0.1, -0.05) is 46.3 Å². The topological polar surface area (TPSA) is 12.0 Å². The van der Waals surface area contributed by atoms with Gasteiger partial charge in [0, 0.05) is 16.7 Å². The van der Waals surface area contributed by atoms with Crippen LogP contribution in [-0.4, -0.2) is 0 Å². The smallest absolute Gasteiger partial charge is 0.0400 e. The third kappa shape index (κ3) is 3.10. The Balaban J connectivity index is 2.08. The summed E-state index contributed by atoms with van der Waals surface area (Å²) in [5, 5.41) is 3.46. The van der Waals surface area contributed by atoms with Crippen molar-refractivity contribution in [2.24, 2.45) is 0 Å². The first-order valence-electron chi connectivity index (χ1n) is 5.71. The minimum absolute atomic E-state index is 0.860. The Morgan fingerprint density at radius 3 is 2.47 bits per heavy atom. The van der Waals surface area contributed by atoms with E-state index in [9.17, 15) is 0 Å². The normalized spacial score (nSPS) is 10.3. The molecule has 0 unspecified atom stereocenters. The van der Waals surface area contributed by atoms with Gasteiger partial charge in [-0.25, -0.2) is 0 Å². The van der Waals surface area contributed by atoms with Crippen LogP contribution in [-0.2, 0) is 6.54 Å². The molecule has 0 radical (unpaired) electrons. The van der Waals surface area contributed by atoms with Crippen molar-refractivity contribution in [2.45, 2.75) is 20.4 Å². The lowest BCUT2D eigenvalue weighted by Gasteiger charge is -2.10. The lowest BCUT2D eigenvalue weighted by molar-refractivity contribution is 1.13. The highest BCUT2D eigenvalue weighted by Gasteiger charge is 1.99. The first-order chi connectivity index (χ1) is 8.16. The van der Waals surface area contributed by atoms with Crippen molar-refractivity contribution in [1.82, 2.24) is 0 Å². The number of rotatable bonds is 3. The molecule has 17 heavy (non-hydrogen) atoms. The molecule has 2 aromatic carbocycles. The van der Waals surface area contributed by atoms with Crippen LogP contribution in [0.15, 0.2) is 46.9 Å². The van der Waals surface area contributed by atoms with Gasteiger partial charge >= 0.3 is 0 Å². The molecule has 0 bridgehead atoms. The highest BCUT2D eigenvalue weighted by Crippen LogP contribution is 2.19. The number of halogens is 1. The minimum Gasteiger partial charge on any atom is -0.381 e. The van der Waals surface area contributed by atoms with E-state index < -0.39 is 0 Å². The molecule has 2 rings (SSSR count). The van der Waals surface area contributed by atoms with E-state index in [4.69, 9.17) is 0 Å². The summed E-state index contributed by atoms with van der Waals surface area (Å²) in [4.78, 5) is 0. The molecule has 2 heteroatoms. The summed E-state index contributed by atoms with van der Waals surface area (Å²) in [5.41, 5.74) is 5.05. The van der Waals surface area contributed by atoms with E-state index in [0.29, 0.717) is 0 Å². The molecule has 0 aromatic heterocycles. The summed E-state index contributed by atoms with van der Waals surface area (Å²) in [6.45, 7) is 5.09. The highest BCUT2D eigenvalue weighted by molar-refractivity contribution is 9.10. The Bertz CT molecular complexity index is 520. The molecular formula is C15H16BrN. The van der Waals surface area contributed by atoms with Crippen molar-refractivity contribution in [3.05, 3.63) is 63.6 Å². The maximum absolute atomic E-state index is 3.52. The number of anilines is 1. The Kier molecular flexibility index (Phi) is 3.85. The monoisotopic (exact) mass is 289 g/mol. The summed E-state index contributed by atoms with van der Waals surface area (Å²) in [7, 11) is 0. The summed E-state index contributed by atoms with van der Waals surface area (Å²) < 4.78 is 1.16. The van der Waals surface area contributed by atoms with Crippen molar-refractivity contribution < 1.29 is 0 Å². The second-order valence-corrected chi connectivity index (χ2v) is 5.11. The average Bonchev–Trinajstić information content (AvgIpc) is 2.32. The maximum Gasteiger partial charge on any atom is 0.0400 e. The van der Waals surface area contributed by atoms with Gasteiger partial charge in [0.25, 0.3) is 0 Å². The minimum atomic E-state index is 0.860. The lowest BCUT2D eigenvalue weighted by atomic mass is 10.1. The van der Waals surface area contributed by atoms with Gasteiger partial charge in [0.05, 0.1) is 0 Å². The van der Waals surface area contributed by atoms with Gasteiger partial charge in [-0.05, 0) is 42.7 Å². The second kappa shape index (κ2) is 5.37. The van der Waals surface area contributed by atoms with Crippen LogP contribution < -0.4 is 5.32 Å². The molecule has 1 N–H and O–H groups in total. The van der Waals surface area contributed by atoms with Crippen molar-refractivity contribution in [2.75, 3.05) is 5.32 Å². The third-order valence-electron chi connectivity index (χ3n) is 2.85. The summed E-state index contributed by atoms with van der Waals surface area (Å²) >= 11 is 3.52. The number of para-hydroxylation sites is 1. The Hall–Kier alpha value is -1.28. The number of aryl methyl sites for hydroxylation is 2. The van der Waals surface area contributed by atoms with Crippen LogP contribution in [0.2, 0.25) is 0 Å². The molecule has 0 aliphatic carbocycles. The van der Waals surface area contributed by atoms with Gasteiger partial charge in [-0.2, -0.15) is 0 Å². The van der Waals surface area contributed by atoms with Crippen molar-refractivity contribution in [1.29, 1.82) is 0 Å². The Morgan fingerprint density at radius 2 is 1.76 bits per heavy atom. The molecule has 0 fully saturated rings. The van der Waals surface area contributed by atoms with E-state index in [1.165, 1.54) is 22.4 Å². The fourth-order valence-electron chi connectivity index (χ4n) is 1.79. The fraction of sp³-hybridized carbons (Fsp3) is 0.200. The van der Waals surface area contributed by atoms with Crippen LogP contribution in [0, 0.1) is 13.8 Å². The van der Waals surface area contributed by atoms with E-state index >= 15 is 0 Å². The van der Waals surface area contributed by atoms with Crippen LogP contribution in [0.4, 0.5) is 5.69 Å². The molecule has 0 amide bonds. The molecule has 0 saturated heterocycles. The van der Waals surface area contributed by atoms with Gasteiger partial charge < -0.3 is 5.32 Å². The zero-order valence-corrected chi connectivity index (χ0v) is 11.7. The molecule has 0 spiro atoms. The quantitative estimate of drug-likeness (QED) is 0.865. The highest BCUT2D eigenvalue weighted by atomic mass is 79.9. The predicted molar refractivity (Wildman–Crippen MR) is 77.4 cm³/mol. The van der Waals surface area contributed by atoms with Gasteiger partial charge in [-0.3, -0.25) is 0 Å². The van der Waals surface area contributed by atoms with Gasteiger partial charge in [0.15, 0.2) is 0 Å². The molecule has 2 aromatic rings. The SMILES string of the molecule is Cc1cc(CNc2ccccc2C)ccc1Br. The first-order valence-corrected chi connectivity index (χ1v) is 6.50. The molecule has 0 aliphatic rings. The number of nitrogens with one attached hydrogen (secondary N) is 1. The van der Waals surface area contributed by atoms with E-state index in [2.05, 4.69) is 77.6 Å². The molecular weight excluding hydrogens is 274 g/mol. The predicted octanol–water partition coefficient (Wildman–Crippen LogP) is 4.68. The number of hydrogen-bond acceptors (Lipinski definition) is 1. The Morgan fingerprint density at radius 1 is 1.00 bits per heavy atom. The van der Waals surface area contributed by atoms with Gasteiger partial charge in [0.2, 0.25) is 0 Å². The van der Waals surface area contributed by atoms with Gasteiger partial charge in [-0.15, -0.1) is 0 Å². The molecule has 0 atom stereocenters. The summed E-state index contributed by atoms with van der Waals surface area (Å²) in [5.74, 6) is 0. The third-order valence-corrected chi connectivity index (χ3v) is 3.74. The summed E-state index contributed by atoms with van der Waals surface area (Å²) in [6, 6.07) is 14.8. The van der Waals surface area contributed by atoms with Crippen molar-refractivity contribution in [3.8, 4) is 0 Å². The zero-order chi connectivity index (χ0) is 12.3. The standard InChI is InChI=1S/C15H16BrN/c1-11-5-3-4-6-15(11)17-10-13-7-8-14(16)12(2)9-13/h3-9,17H,10H2,1-2H3. The largest absolute Gasteiger partial charge is 0.381 e. The fourth-order valence-corrected chi connectivity index (χ4v) is 2.03. The summed E-state index contributed by atoms with van der Waals surface area (Å²) in [6.07, 6.45) is 0. The lowest BCUT2D eigenvalue weighted by Crippen LogP contribution is -2.01. The zero-order valence-electron chi connectivity index (χ0n) is 10.1. The Labute approximate surface area is 111 Å². The van der Waals surface area contributed by atoms with Gasteiger partial charge in [0.1, 0.15) is 0 Å². The average molecular weight is 290 g/mol. The number of hydrogen-bond donors (Lipinski definition) is 1. The molecule has 1 nitrogen and oxygen atoms in total. The number of benzene rings is 2.